The minimum atomic E-state index is 0.0484. The predicted molar refractivity (Wildman–Crippen MR) is 107 cm³/mol. The first-order valence-corrected chi connectivity index (χ1v) is 10.8. The van der Waals surface area contributed by atoms with E-state index in [4.69, 9.17) is 23.2 Å². The zero-order valence-corrected chi connectivity index (χ0v) is 16.8. The zero-order valence-electron chi connectivity index (χ0n) is 12.8. The Bertz CT molecular complexity index is 851. The molecule has 0 aliphatic rings. The topological polar surface area (TPSA) is 42.9 Å². The highest BCUT2D eigenvalue weighted by Gasteiger charge is 2.10. The number of ketones is 1. The van der Waals surface area contributed by atoms with Gasteiger partial charge in [0.25, 0.3) is 0 Å². The van der Waals surface area contributed by atoms with Gasteiger partial charge in [-0.05, 0) is 42.0 Å². The predicted octanol–water partition coefficient (Wildman–Crippen LogP) is 6.11. The normalized spacial score (nSPS) is 10.8. The van der Waals surface area contributed by atoms with Crippen LogP contribution in [0, 0.1) is 0 Å². The molecule has 1 heterocycles. The minimum Gasteiger partial charge on any atom is -0.293 e. The highest BCUT2D eigenvalue weighted by Crippen LogP contribution is 2.31. The van der Waals surface area contributed by atoms with E-state index in [-0.39, 0.29) is 5.78 Å². The number of carbonyl (C=O) groups is 1. The van der Waals surface area contributed by atoms with Crippen LogP contribution in [0.25, 0.3) is 0 Å². The average molecular weight is 427 g/mol. The molecule has 0 aliphatic heterocycles. The van der Waals surface area contributed by atoms with Gasteiger partial charge in [0.15, 0.2) is 14.5 Å². The maximum atomic E-state index is 12.2. The van der Waals surface area contributed by atoms with Crippen LogP contribution in [0.5, 0.6) is 0 Å². The van der Waals surface area contributed by atoms with Gasteiger partial charge in [0.2, 0.25) is 0 Å². The first kappa shape index (κ1) is 18.7. The van der Waals surface area contributed by atoms with Crippen molar-refractivity contribution >= 4 is 63.8 Å². The Morgan fingerprint density at radius 1 is 0.880 bits per heavy atom. The van der Waals surface area contributed by atoms with Gasteiger partial charge in [0.1, 0.15) is 0 Å². The highest BCUT2D eigenvalue weighted by atomic mass is 35.5. The molecule has 0 fully saturated rings. The first-order chi connectivity index (χ1) is 12.1. The summed E-state index contributed by atoms with van der Waals surface area (Å²) in [6.07, 6.45) is 0. The number of hydrogen-bond acceptors (Lipinski definition) is 6. The largest absolute Gasteiger partial charge is 0.293 e. The summed E-state index contributed by atoms with van der Waals surface area (Å²) in [5, 5.41) is 9.66. The fraction of sp³-hybridized carbons (Fsp3) is 0.118. The number of thioether (sulfide) groups is 2. The summed E-state index contributed by atoms with van der Waals surface area (Å²) in [7, 11) is 0. The molecule has 1 aromatic heterocycles. The Kier molecular flexibility index (Phi) is 6.78. The number of carbonyl (C=O) groups excluding carboxylic acids is 1. The number of benzene rings is 2. The van der Waals surface area contributed by atoms with E-state index in [1.54, 1.807) is 36.0 Å². The van der Waals surface area contributed by atoms with E-state index >= 15 is 0 Å². The van der Waals surface area contributed by atoms with Crippen LogP contribution >= 0.6 is 58.1 Å². The molecular weight excluding hydrogens is 415 g/mol. The van der Waals surface area contributed by atoms with Crippen molar-refractivity contribution in [3.63, 3.8) is 0 Å². The van der Waals surface area contributed by atoms with E-state index in [1.165, 1.54) is 28.7 Å². The van der Waals surface area contributed by atoms with Gasteiger partial charge in [-0.1, -0.05) is 70.2 Å². The van der Waals surface area contributed by atoms with Crippen LogP contribution in [-0.2, 0) is 5.75 Å². The molecule has 0 amide bonds. The summed E-state index contributed by atoms with van der Waals surface area (Å²) in [5.41, 5.74) is 1.83. The number of rotatable bonds is 7. The van der Waals surface area contributed by atoms with Crippen LogP contribution in [0.15, 0.2) is 57.2 Å². The molecule has 128 valence electrons. The smallest absolute Gasteiger partial charge is 0.175 e. The lowest BCUT2D eigenvalue weighted by Gasteiger charge is -1.99. The van der Waals surface area contributed by atoms with Crippen molar-refractivity contribution in [2.24, 2.45) is 0 Å². The molecule has 3 nitrogen and oxygen atoms in total. The summed E-state index contributed by atoms with van der Waals surface area (Å²) in [6.45, 7) is 0. The van der Waals surface area contributed by atoms with Crippen LogP contribution in [0.3, 0.4) is 0 Å². The number of halogens is 2. The lowest BCUT2D eigenvalue weighted by Crippen LogP contribution is -2.01. The van der Waals surface area contributed by atoms with Gasteiger partial charge < -0.3 is 0 Å². The van der Waals surface area contributed by atoms with E-state index in [0.717, 1.165) is 19.5 Å². The number of Topliss-reactive ketones (excluding diaryl/α,β-unsaturated/α-hetero) is 1. The van der Waals surface area contributed by atoms with E-state index in [9.17, 15) is 4.79 Å². The quantitative estimate of drug-likeness (QED) is 0.336. The van der Waals surface area contributed by atoms with Crippen molar-refractivity contribution < 1.29 is 4.79 Å². The monoisotopic (exact) mass is 426 g/mol. The Balaban J connectivity index is 1.50. The molecule has 25 heavy (non-hydrogen) atoms. The van der Waals surface area contributed by atoms with Gasteiger partial charge in [-0.3, -0.25) is 4.79 Å². The Hall–Kier alpha value is -1.05. The van der Waals surface area contributed by atoms with Gasteiger partial charge in [-0.2, -0.15) is 0 Å². The number of aromatic nitrogens is 2. The van der Waals surface area contributed by atoms with Crippen LogP contribution in [0.2, 0.25) is 10.0 Å². The second kappa shape index (κ2) is 9.05. The van der Waals surface area contributed by atoms with Crippen LogP contribution in [0.4, 0.5) is 0 Å². The number of nitrogens with zero attached hydrogens (tertiary/aromatic N) is 2. The van der Waals surface area contributed by atoms with Gasteiger partial charge >= 0.3 is 0 Å². The Morgan fingerprint density at radius 2 is 1.44 bits per heavy atom. The number of hydrogen-bond donors (Lipinski definition) is 0. The molecule has 0 unspecified atom stereocenters. The molecule has 0 radical (unpaired) electrons. The zero-order chi connectivity index (χ0) is 17.6. The third-order valence-electron chi connectivity index (χ3n) is 3.16. The molecule has 2 aromatic carbocycles. The lowest BCUT2D eigenvalue weighted by molar-refractivity contribution is 0.102. The van der Waals surface area contributed by atoms with Crippen molar-refractivity contribution in [2.45, 2.75) is 14.4 Å². The first-order valence-electron chi connectivity index (χ1n) is 7.22. The third-order valence-corrected chi connectivity index (χ3v) is 6.92. The minimum absolute atomic E-state index is 0.0484. The Morgan fingerprint density at radius 3 is 2.08 bits per heavy atom. The SMILES string of the molecule is O=C(CSc1nnc(SCc2ccc(Cl)cc2)s1)c1ccc(Cl)cc1. The van der Waals surface area contributed by atoms with Crippen molar-refractivity contribution in [2.75, 3.05) is 5.75 Å². The Labute approximate surface area is 168 Å². The third kappa shape index (κ3) is 5.72. The molecule has 0 saturated carbocycles. The van der Waals surface area contributed by atoms with Crippen molar-refractivity contribution in [3.05, 3.63) is 69.7 Å². The highest BCUT2D eigenvalue weighted by molar-refractivity contribution is 8.03. The maximum Gasteiger partial charge on any atom is 0.175 e. The van der Waals surface area contributed by atoms with Crippen molar-refractivity contribution in [1.82, 2.24) is 10.2 Å². The summed E-state index contributed by atoms with van der Waals surface area (Å²) < 4.78 is 1.68. The average Bonchev–Trinajstić information content (AvgIpc) is 3.08. The molecule has 3 rings (SSSR count). The van der Waals surface area contributed by atoms with Crippen LogP contribution in [-0.4, -0.2) is 21.7 Å². The summed E-state index contributed by atoms with van der Waals surface area (Å²) in [6, 6.07) is 14.7. The van der Waals surface area contributed by atoms with Crippen molar-refractivity contribution in [3.8, 4) is 0 Å². The molecule has 0 spiro atoms. The summed E-state index contributed by atoms with van der Waals surface area (Å²) in [4.78, 5) is 12.2. The lowest BCUT2D eigenvalue weighted by atomic mass is 10.1. The van der Waals surface area contributed by atoms with Gasteiger partial charge in [-0.15, -0.1) is 10.2 Å². The van der Waals surface area contributed by atoms with E-state index < -0.39 is 0 Å². The van der Waals surface area contributed by atoms with E-state index in [2.05, 4.69) is 10.2 Å². The van der Waals surface area contributed by atoms with Gasteiger partial charge in [0.05, 0.1) is 5.75 Å². The second-order valence-corrected chi connectivity index (χ2v) is 9.26. The molecule has 0 aliphatic carbocycles. The van der Waals surface area contributed by atoms with Gasteiger partial charge in [0, 0.05) is 21.4 Å². The second-order valence-electron chi connectivity index (χ2n) is 4.97. The van der Waals surface area contributed by atoms with Gasteiger partial charge in [-0.25, -0.2) is 0 Å². The van der Waals surface area contributed by atoms with Crippen LogP contribution < -0.4 is 0 Å². The molecule has 8 heteroatoms. The molecule has 0 N–H and O–H groups in total. The fourth-order valence-corrected chi connectivity index (χ4v) is 5.01. The van der Waals surface area contributed by atoms with Crippen LogP contribution in [0.1, 0.15) is 15.9 Å². The summed E-state index contributed by atoms with van der Waals surface area (Å²) in [5.74, 6) is 1.19. The van der Waals surface area contributed by atoms with Crippen molar-refractivity contribution in [1.29, 1.82) is 0 Å². The molecular formula is C17H12Cl2N2OS3. The van der Waals surface area contributed by atoms with E-state index in [0.29, 0.717) is 16.3 Å². The maximum absolute atomic E-state index is 12.2. The fourth-order valence-electron chi connectivity index (χ4n) is 1.89. The molecule has 0 atom stereocenters. The van der Waals surface area contributed by atoms with E-state index in [1.807, 2.05) is 24.3 Å². The molecule has 0 bridgehead atoms. The standard InChI is InChI=1S/C17H12Cl2N2OS3/c18-13-5-1-11(2-6-13)9-23-16-20-21-17(25-16)24-10-15(22)12-3-7-14(19)8-4-12/h1-8H,9-10H2. The summed E-state index contributed by atoms with van der Waals surface area (Å²) >= 11 is 16.2. The molecule has 0 saturated heterocycles. The molecule has 3 aromatic rings.